The number of nitrogens with zero attached hydrogens (tertiary/aromatic N) is 1. The lowest BCUT2D eigenvalue weighted by Gasteiger charge is -2.07. The highest BCUT2D eigenvalue weighted by atomic mass is 16.4. The van der Waals surface area contributed by atoms with E-state index >= 15 is 0 Å². The molecule has 0 aliphatic heterocycles. The van der Waals surface area contributed by atoms with Crippen LogP contribution in [0.3, 0.4) is 0 Å². The highest BCUT2D eigenvalue weighted by Gasteiger charge is 2.14. The Morgan fingerprint density at radius 2 is 2.05 bits per heavy atom. The van der Waals surface area contributed by atoms with Crippen molar-refractivity contribution < 1.29 is 9.90 Å². The van der Waals surface area contributed by atoms with Gasteiger partial charge in [-0.3, -0.25) is 0 Å². The molecule has 5 nitrogen and oxygen atoms in total. The normalized spacial score (nSPS) is 11.2. The number of rotatable bonds is 6. The summed E-state index contributed by atoms with van der Waals surface area (Å²) < 4.78 is 2.11. The second-order valence-corrected chi connectivity index (χ2v) is 5.02. The van der Waals surface area contributed by atoms with Gasteiger partial charge in [-0.2, -0.15) is 0 Å². The van der Waals surface area contributed by atoms with E-state index in [0.717, 1.165) is 41.4 Å². The molecule has 2 aromatic rings. The van der Waals surface area contributed by atoms with E-state index in [4.69, 9.17) is 11.5 Å². The van der Waals surface area contributed by atoms with Crippen molar-refractivity contribution in [2.75, 3.05) is 13.1 Å². The first kappa shape index (κ1) is 14.6. The van der Waals surface area contributed by atoms with Crippen LogP contribution in [0, 0.1) is 6.92 Å². The van der Waals surface area contributed by atoms with E-state index in [9.17, 15) is 9.90 Å². The molecule has 0 radical (unpaired) electrons. The third kappa shape index (κ3) is 2.69. The minimum absolute atomic E-state index is 0.328. The van der Waals surface area contributed by atoms with E-state index in [2.05, 4.69) is 10.8 Å². The van der Waals surface area contributed by atoms with Gasteiger partial charge < -0.3 is 21.1 Å². The Kier molecular flexibility index (Phi) is 4.42. The molecule has 0 amide bonds. The number of carbonyl (C=O) groups is 1. The zero-order valence-electron chi connectivity index (χ0n) is 11.7. The number of fused-ring (bicyclic) bond motifs is 1. The second-order valence-electron chi connectivity index (χ2n) is 5.02. The van der Waals surface area contributed by atoms with Gasteiger partial charge in [0, 0.05) is 24.7 Å². The number of aryl methyl sites for hydroxylation is 2. The van der Waals surface area contributed by atoms with Gasteiger partial charge in [-0.25, -0.2) is 4.79 Å². The summed E-state index contributed by atoms with van der Waals surface area (Å²) in [6.07, 6.45) is 3.82. The number of carboxylic acid groups (broad SMARTS) is 1. The van der Waals surface area contributed by atoms with Crippen LogP contribution in [0.4, 0.5) is 0 Å². The van der Waals surface area contributed by atoms with Gasteiger partial charge in [-0.15, -0.1) is 0 Å². The monoisotopic (exact) mass is 275 g/mol. The summed E-state index contributed by atoms with van der Waals surface area (Å²) in [5.74, 6) is -0.897. The van der Waals surface area contributed by atoms with Crippen molar-refractivity contribution in [3.8, 4) is 0 Å². The Labute approximate surface area is 118 Å². The Morgan fingerprint density at radius 1 is 1.30 bits per heavy atom. The highest BCUT2D eigenvalue weighted by molar-refractivity contribution is 5.96. The molecule has 1 heterocycles. The second kappa shape index (κ2) is 6.07. The first-order valence-electron chi connectivity index (χ1n) is 6.84. The average Bonchev–Trinajstić information content (AvgIpc) is 2.75. The van der Waals surface area contributed by atoms with Gasteiger partial charge in [-0.05, 0) is 49.6 Å². The first-order valence-corrected chi connectivity index (χ1v) is 6.84. The van der Waals surface area contributed by atoms with Gasteiger partial charge in [0.05, 0.1) is 11.1 Å². The van der Waals surface area contributed by atoms with Gasteiger partial charge in [0.1, 0.15) is 0 Å². The molecule has 0 fully saturated rings. The summed E-state index contributed by atoms with van der Waals surface area (Å²) in [4.78, 5) is 11.2. The largest absolute Gasteiger partial charge is 0.478 e. The number of hydrogen-bond donors (Lipinski definition) is 3. The van der Waals surface area contributed by atoms with E-state index in [1.807, 2.05) is 6.92 Å². The lowest BCUT2D eigenvalue weighted by Crippen LogP contribution is -2.09. The number of hydrogen-bond acceptors (Lipinski definition) is 3. The van der Waals surface area contributed by atoms with Crippen LogP contribution >= 0.6 is 0 Å². The van der Waals surface area contributed by atoms with Crippen LogP contribution in [0.5, 0.6) is 0 Å². The smallest absolute Gasteiger partial charge is 0.335 e. The minimum Gasteiger partial charge on any atom is -0.478 e. The maximum atomic E-state index is 11.2. The van der Waals surface area contributed by atoms with Crippen LogP contribution in [0.15, 0.2) is 18.3 Å². The molecule has 0 saturated carbocycles. The number of aromatic carboxylic acids is 1. The summed E-state index contributed by atoms with van der Waals surface area (Å²) >= 11 is 0. The van der Waals surface area contributed by atoms with E-state index < -0.39 is 5.97 Å². The molecule has 20 heavy (non-hydrogen) atoms. The molecule has 0 spiro atoms. The van der Waals surface area contributed by atoms with Crippen molar-refractivity contribution in [3.05, 3.63) is 35.0 Å². The molecule has 0 aliphatic rings. The van der Waals surface area contributed by atoms with Crippen molar-refractivity contribution in [1.29, 1.82) is 0 Å². The SMILES string of the molecule is Cc1cc(C(=O)O)cc2c(CCCN)cn(CCN)c12. The molecule has 0 saturated heterocycles. The lowest BCUT2D eigenvalue weighted by atomic mass is 10.0. The number of carboxylic acids is 1. The fraction of sp³-hybridized carbons (Fsp3) is 0.400. The number of aromatic nitrogens is 1. The molecular weight excluding hydrogens is 254 g/mol. The van der Waals surface area contributed by atoms with Crippen LogP contribution in [-0.4, -0.2) is 28.7 Å². The van der Waals surface area contributed by atoms with Crippen LogP contribution in [0.1, 0.15) is 27.9 Å². The van der Waals surface area contributed by atoms with Gasteiger partial charge >= 0.3 is 5.97 Å². The molecule has 0 bridgehead atoms. The zero-order chi connectivity index (χ0) is 14.7. The molecule has 5 heteroatoms. The van der Waals surface area contributed by atoms with Gasteiger partial charge in [-0.1, -0.05) is 0 Å². The summed E-state index contributed by atoms with van der Waals surface area (Å²) in [5, 5.41) is 10.2. The van der Waals surface area contributed by atoms with Crippen LogP contribution < -0.4 is 11.5 Å². The Bertz CT molecular complexity index is 632. The molecule has 0 unspecified atom stereocenters. The molecule has 2 rings (SSSR count). The molecule has 5 N–H and O–H groups in total. The standard InChI is InChI=1S/C15H21N3O2/c1-10-7-12(15(19)20)8-13-11(3-2-4-16)9-18(6-5-17)14(10)13/h7-9H,2-6,16-17H2,1H3,(H,19,20). The van der Waals surface area contributed by atoms with Gasteiger partial charge in [0.15, 0.2) is 0 Å². The highest BCUT2D eigenvalue weighted by Crippen LogP contribution is 2.27. The molecule has 1 aromatic carbocycles. The maximum absolute atomic E-state index is 11.2. The van der Waals surface area contributed by atoms with E-state index in [0.29, 0.717) is 18.7 Å². The predicted molar refractivity (Wildman–Crippen MR) is 80.1 cm³/mol. The van der Waals surface area contributed by atoms with Crippen molar-refractivity contribution in [3.63, 3.8) is 0 Å². The summed E-state index contributed by atoms with van der Waals surface area (Å²) in [7, 11) is 0. The van der Waals surface area contributed by atoms with Crippen LogP contribution in [0.2, 0.25) is 0 Å². The fourth-order valence-electron chi connectivity index (χ4n) is 2.66. The average molecular weight is 275 g/mol. The fourth-order valence-corrected chi connectivity index (χ4v) is 2.66. The van der Waals surface area contributed by atoms with Gasteiger partial charge in [0.25, 0.3) is 0 Å². The summed E-state index contributed by atoms with van der Waals surface area (Å²) in [5.41, 5.74) is 14.7. The molecule has 0 aliphatic carbocycles. The third-order valence-electron chi connectivity index (χ3n) is 3.51. The van der Waals surface area contributed by atoms with Crippen molar-refractivity contribution in [2.24, 2.45) is 11.5 Å². The van der Waals surface area contributed by atoms with Crippen molar-refractivity contribution >= 4 is 16.9 Å². The van der Waals surface area contributed by atoms with Crippen molar-refractivity contribution in [1.82, 2.24) is 4.57 Å². The maximum Gasteiger partial charge on any atom is 0.335 e. The molecule has 1 aromatic heterocycles. The summed E-state index contributed by atoms with van der Waals surface area (Å²) in [6, 6.07) is 3.47. The van der Waals surface area contributed by atoms with Crippen LogP contribution in [0.25, 0.3) is 10.9 Å². The molecule has 108 valence electrons. The topological polar surface area (TPSA) is 94.3 Å². The van der Waals surface area contributed by atoms with Crippen LogP contribution in [-0.2, 0) is 13.0 Å². The van der Waals surface area contributed by atoms with Gasteiger partial charge in [0.2, 0.25) is 0 Å². The lowest BCUT2D eigenvalue weighted by molar-refractivity contribution is 0.0697. The van der Waals surface area contributed by atoms with E-state index in [-0.39, 0.29) is 0 Å². The van der Waals surface area contributed by atoms with Crippen molar-refractivity contribution in [2.45, 2.75) is 26.3 Å². The molecule has 0 atom stereocenters. The number of benzene rings is 1. The first-order chi connectivity index (χ1) is 9.58. The minimum atomic E-state index is -0.897. The third-order valence-corrected chi connectivity index (χ3v) is 3.51. The zero-order valence-corrected chi connectivity index (χ0v) is 11.7. The van der Waals surface area contributed by atoms with E-state index in [1.165, 1.54) is 0 Å². The quantitative estimate of drug-likeness (QED) is 0.744. The Morgan fingerprint density at radius 3 is 2.65 bits per heavy atom. The number of nitrogens with two attached hydrogens (primary N) is 2. The van der Waals surface area contributed by atoms with E-state index in [1.54, 1.807) is 12.1 Å². The Balaban J connectivity index is 2.62. The predicted octanol–water partition coefficient (Wildman–Crippen LogP) is 1.50. The molecular formula is C15H21N3O2. The Hall–Kier alpha value is -1.85. The summed E-state index contributed by atoms with van der Waals surface area (Å²) in [6.45, 7) is 3.85.